The van der Waals surface area contributed by atoms with E-state index >= 15 is 0 Å². The Morgan fingerprint density at radius 1 is 0.860 bits per heavy atom. The number of nitrogens with zero attached hydrogens (tertiary/aromatic N) is 8. The summed E-state index contributed by atoms with van der Waals surface area (Å²) in [6, 6.07) is 10.00. The predicted molar refractivity (Wildman–Crippen MR) is 157 cm³/mol. The lowest BCUT2D eigenvalue weighted by Crippen LogP contribution is -2.13. The number of halogens is 3. The van der Waals surface area contributed by atoms with Crippen LogP contribution < -0.4 is 0 Å². The number of pyridine rings is 2. The van der Waals surface area contributed by atoms with Crippen LogP contribution in [0.4, 0.5) is 0 Å². The molecule has 19 heteroatoms. The lowest BCUT2D eigenvalue weighted by molar-refractivity contribution is 0.214. The third kappa shape index (κ3) is 11.2. The molecule has 2 unspecified atom stereocenters. The zero-order valence-electron chi connectivity index (χ0n) is 22.8. The first-order valence-corrected chi connectivity index (χ1v) is 16.8. The van der Waals surface area contributed by atoms with Crippen molar-refractivity contribution in [3.05, 3.63) is 93.0 Å². The maximum atomic E-state index is 11.5. The zero-order chi connectivity index (χ0) is 32.5. The molecule has 43 heavy (non-hydrogen) atoms. The minimum Gasteiger partial charge on any atom is -0.382 e. The fourth-order valence-corrected chi connectivity index (χ4v) is 4.18. The first kappa shape index (κ1) is 35.6. The Bertz CT molecular complexity index is 1870. The molecule has 0 bridgehead atoms. The topological polar surface area (TPSA) is 207 Å². The molecule has 0 aliphatic carbocycles. The highest BCUT2D eigenvalue weighted by Gasteiger charge is 2.26. The Balaban J connectivity index is 0.000000264. The molecular weight excluding hydrogens is 667 g/mol. The summed E-state index contributed by atoms with van der Waals surface area (Å²) in [5.74, 6) is 0. The number of aliphatic hydroxyl groups is 1. The first-order valence-electron chi connectivity index (χ1n) is 11.5. The van der Waals surface area contributed by atoms with Crippen LogP contribution in [0, 0.1) is 22.7 Å². The van der Waals surface area contributed by atoms with E-state index in [9.17, 15) is 21.9 Å². The second-order valence-corrected chi connectivity index (χ2v) is 13.9. The number of nitriles is 2. The molecule has 1 N–H and O–H groups in total. The van der Waals surface area contributed by atoms with E-state index in [2.05, 4.69) is 30.8 Å². The van der Waals surface area contributed by atoms with Crippen molar-refractivity contribution in [3.8, 4) is 12.1 Å². The van der Waals surface area contributed by atoms with Gasteiger partial charge in [0.05, 0.1) is 23.9 Å². The van der Waals surface area contributed by atoms with Crippen LogP contribution in [0.2, 0.25) is 10.0 Å². The van der Waals surface area contributed by atoms with Gasteiger partial charge in [-0.05, 0) is 12.1 Å². The van der Waals surface area contributed by atoms with E-state index < -0.39 is 31.4 Å². The van der Waals surface area contributed by atoms with E-state index in [4.69, 9.17) is 37.9 Å². The van der Waals surface area contributed by atoms with Gasteiger partial charge < -0.3 is 5.11 Å². The van der Waals surface area contributed by atoms with Crippen LogP contribution in [-0.4, -0.2) is 64.0 Å². The molecule has 0 fully saturated rings. The molecule has 4 rings (SSSR count). The van der Waals surface area contributed by atoms with E-state index in [-0.39, 0.29) is 11.4 Å². The van der Waals surface area contributed by atoms with Crippen LogP contribution >= 0.6 is 33.9 Å². The van der Waals surface area contributed by atoms with Crippen LogP contribution in [0.5, 0.6) is 0 Å². The van der Waals surface area contributed by atoms with Crippen LogP contribution in [0.1, 0.15) is 46.1 Å². The van der Waals surface area contributed by atoms with Gasteiger partial charge in [-0.25, -0.2) is 8.42 Å². The van der Waals surface area contributed by atoms with Gasteiger partial charge in [-0.1, -0.05) is 23.2 Å². The van der Waals surface area contributed by atoms with Gasteiger partial charge in [0.1, 0.15) is 35.7 Å². The smallest absolute Gasteiger partial charge is 0.265 e. The Morgan fingerprint density at radius 3 is 1.67 bits per heavy atom. The molecule has 4 aromatic rings. The molecule has 2 atom stereocenters. The summed E-state index contributed by atoms with van der Waals surface area (Å²) in [4.78, 5) is 7.81. The van der Waals surface area contributed by atoms with Crippen LogP contribution in [0.3, 0.4) is 0 Å². The third-order valence-corrected chi connectivity index (χ3v) is 6.25. The Kier molecular flexibility index (Phi) is 12.6. The van der Waals surface area contributed by atoms with Crippen molar-refractivity contribution in [2.75, 3.05) is 12.5 Å². The van der Waals surface area contributed by atoms with Crippen LogP contribution in [-0.2, 0) is 37.4 Å². The minimum atomic E-state index is -3.77. The molecule has 0 spiro atoms. The van der Waals surface area contributed by atoms with Gasteiger partial charge in [-0.15, -0.1) is 0 Å². The minimum absolute atomic E-state index is 0.259. The third-order valence-electron chi connectivity index (χ3n) is 5.02. The standard InChI is InChI=1S/C12H11ClN4O3S.C11H9ClN4O.CH3ClO2S/c1-17-8(6-14)5-11(16-17)12(20-21(2,18)19)9-7-15-4-3-10(9)13;1-16-7(5-13)4-10(15-16)11(17)8-6-14-3-2-9(8)12;1-5(2,3)4/h3-5,7,12H,1-2H3;2-4,6,11,17H,1H3;1H3. The summed E-state index contributed by atoms with van der Waals surface area (Å²) in [7, 11) is 0.755. The summed E-state index contributed by atoms with van der Waals surface area (Å²) in [6.45, 7) is 0. The van der Waals surface area contributed by atoms with E-state index in [0.717, 1.165) is 12.5 Å². The maximum absolute atomic E-state index is 11.5. The quantitative estimate of drug-likeness (QED) is 0.229. The molecule has 0 aliphatic rings. The van der Waals surface area contributed by atoms with Crippen molar-refractivity contribution in [1.82, 2.24) is 29.5 Å². The van der Waals surface area contributed by atoms with E-state index in [1.165, 1.54) is 52.4 Å². The van der Waals surface area contributed by atoms with Gasteiger partial charge in [-0.2, -0.15) is 29.1 Å². The van der Waals surface area contributed by atoms with Gasteiger partial charge in [0, 0.05) is 82.9 Å². The summed E-state index contributed by atoms with van der Waals surface area (Å²) >= 11 is 12.0. The summed E-state index contributed by atoms with van der Waals surface area (Å²) in [6.07, 6.45) is 5.71. The van der Waals surface area contributed by atoms with E-state index in [1.54, 1.807) is 20.2 Å². The van der Waals surface area contributed by atoms with Gasteiger partial charge in [0.25, 0.3) is 10.1 Å². The fourth-order valence-electron chi connectivity index (χ4n) is 3.22. The Morgan fingerprint density at radius 2 is 1.28 bits per heavy atom. The van der Waals surface area contributed by atoms with Crippen LogP contribution in [0.25, 0.3) is 0 Å². The van der Waals surface area contributed by atoms with Crippen molar-refractivity contribution in [2.45, 2.75) is 12.2 Å². The second kappa shape index (κ2) is 15.2. The summed E-state index contributed by atoms with van der Waals surface area (Å²) in [5.41, 5.74) is 2.10. The predicted octanol–water partition coefficient (Wildman–Crippen LogP) is 3.01. The van der Waals surface area contributed by atoms with Crippen molar-refractivity contribution < 1.29 is 26.1 Å². The number of aliphatic hydroxyl groups excluding tert-OH is 1. The second-order valence-electron chi connectivity index (χ2n) is 8.44. The average molecular weight is 690 g/mol. The lowest BCUT2D eigenvalue weighted by Gasteiger charge is -2.15. The van der Waals surface area contributed by atoms with Gasteiger partial charge in [0.15, 0.2) is 0 Å². The highest BCUT2D eigenvalue weighted by molar-refractivity contribution is 8.13. The van der Waals surface area contributed by atoms with Gasteiger partial charge in [0.2, 0.25) is 9.05 Å². The van der Waals surface area contributed by atoms with E-state index in [1.807, 2.05) is 12.1 Å². The highest BCUT2D eigenvalue weighted by atomic mass is 35.7. The molecule has 0 amide bonds. The first-order chi connectivity index (χ1) is 19.9. The Hall–Kier alpha value is -3.61. The summed E-state index contributed by atoms with van der Waals surface area (Å²) < 4.78 is 49.5. The molecule has 0 aromatic carbocycles. The fraction of sp³-hybridized carbons (Fsp3) is 0.250. The SMILES string of the molecule is CS(=O)(=O)Cl.Cn1nc(C(O)c2cnccc2Cl)cc1C#N.Cn1nc(C(OS(C)(=O)=O)c2cnccc2Cl)cc1C#N. The molecule has 14 nitrogen and oxygen atoms in total. The lowest BCUT2D eigenvalue weighted by atomic mass is 10.1. The largest absolute Gasteiger partial charge is 0.382 e. The number of aryl methyl sites for hydroxylation is 2. The highest BCUT2D eigenvalue weighted by Crippen LogP contribution is 2.31. The van der Waals surface area contributed by atoms with Crippen molar-refractivity contribution in [2.24, 2.45) is 14.1 Å². The maximum Gasteiger partial charge on any atom is 0.265 e. The monoisotopic (exact) mass is 688 g/mol. The molecule has 0 aliphatic heterocycles. The van der Waals surface area contributed by atoms with E-state index in [0.29, 0.717) is 32.6 Å². The number of aromatic nitrogens is 6. The van der Waals surface area contributed by atoms with Gasteiger partial charge in [-0.3, -0.25) is 23.5 Å². The Labute approximate surface area is 262 Å². The van der Waals surface area contributed by atoms with Crippen LogP contribution in [0.15, 0.2) is 49.1 Å². The molecule has 228 valence electrons. The normalized spacial score (nSPS) is 12.4. The molecule has 4 heterocycles. The number of hydrogen-bond acceptors (Lipinski definition) is 12. The molecule has 0 saturated heterocycles. The summed E-state index contributed by atoms with van der Waals surface area (Å²) in [5, 5.41) is 36.7. The van der Waals surface area contributed by atoms with Gasteiger partial charge >= 0.3 is 0 Å². The van der Waals surface area contributed by atoms with Crippen molar-refractivity contribution in [3.63, 3.8) is 0 Å². The molecule has 0 radical (unpaired) electrons. The zero-order valence-corrected chi connectivity index (χ0v) is 26.7. The molecule has 4 aromatic heterocycles. The van der Waals surface area contributed by atoms with Crippen molar-refractivity contribution in [1.29, 1.82) is 10.5 Å². The molecular formula is C24H23Cl3N8O6S2. The van der Waals surface area contributed by atoms with Crippen molar-refractivity contribution >= 4 is 53.1 Å². The average Bonchev–Trinajstić information content (AvgIpc) is 3.48. The molecule has 0 saturated carbocycles. The number of rotatable bonds is 6. The number of hydrogen-bond donors (Lipinski definition) is 1.